The van der Waals surface area contributed by atoms with Gasteiger partial charge in [0.1, 0.15) is 0 Å². The average molecular weight is 398 g/mol. The highest BCUT2D eigenvalue weighted by Crippen LogP contribution is 2.39. The van der Waals surface area contributed by atoms with Crippen LogP contribution in [0.1, 0.15) is 51.1 Å². The summed E-state index contributed by atoms with van der Waals surface area (Å²) in [6.45, 7) is 7.40. The quantitative estimate of drug-likeness (QED) is 0.640. The lowest BCUT2D eigenvalue weighted by molar-refractivity contribution is -0.145. The SMILES string of the molecule is C=CCC1CCC(c2ccc(Cl)cc2)N([C@@H](CC)[C@@H](C)S(C)(=O)=O)C1=O. The number of benzene rings is 1. The molecule has 1 fully saturated rings. The Hall–Kier alpha value is -1.33. The van der Waals surface area contributed by atoms with Crippen LogP contribution in [-0.4, -0.2) is 36.8 Å². The van der Waals surface area contributed by atoms with Crippen LogP contribution in [0.5, 0.6) is 0 Å². The summed E-state index contributed by atoms with van der Waals surface area (Å²) in [6, 6.07) is 7.01. The number of piperidine rings is 1. The number of likely N-dealkylation sites (tertiary alicyclic amines) is 1. The molecule has 144 valence electrons. The van der Waals surface area contributed by atoms with Crippen molar-refractivity contribution < 1.29 is 13.2 Å². The molecule has 0 spiro atoms. The van der Waals surface area contributed by atoms with E-state index in [1.807, 2.05) is 36.1 Å². The Balaban J connectivity index is 2.47. The molecule has 1 aromatic rings. The summed E-state index contributed by atoms with van der Waals surface area (Å²) in [5, 5.41) is 0.0252. The standard InChI is InChI=1S/C20H28ClNO3S/c1-5-7-16-10-13-19(15-8-11-17(21)12-9-15)22(20(16)23)18(6-2)14(3)26(4,24)25/h5,8-9,11-12,14,16,18-19H,1,6-7,10,13H2,2-4H3/t14-,16?,18+,19?/m1/s1. The number of halogens is 1. The molecule has 1 aliphatic rings. The number of sulfone groups is 1. The molecule has 2 unspecified atom stereocenters. The van der Waals surface area contributed by atoms with Crippen molar-refractivity contribution in [2.24, 2.45) is 5.92 Å². The molecule has 4 atom stereocenters. The van der Waals surface area contributed by atoms with E-state index in [-0.39, 0.29) is 23.9 Å². The molecule has 6 heteroatoms. The fourth-order valence-corrected chi connectivity index (χ4v) is 4.87. The first-order chi connectivity index (χ1) is 12.2. The summed E-state index contributed by atoms with van der Waals surface area (Å²) in [4.78, 5) is 15.1. The third-order valence-corrected chi connectivity index (χ3v) is 7.34. The van der Waals surface area contributed by atoms with E-state index in [2.05, 4.69) is 6.58 Å². The first-order valence-corrected chi connectivity index (χ1v) is 11.4. The van der Waals surface area contributed by atoms with Crippen LogP contribution in [0.2, 0.25) is 5.02 Å². The number of rotatable bonds is 7. The lowest BCUT2D eigenvalue weighted by atomic mass is 9.84. The van der Waals surface area contributed by atoms with Crippen LogP contribution >= 0.6 is 11.6 Å². The number of nitrogens with zero attached hydrogens (tertiary/aromatic N) is 1. The zero-order valence-electron chi connectivity index (χ0n) is 15.7. The molecule has 0 bridgehead atoms. The van der Waals surface area contributed by atoms with E-state index >= 15 is 0 Å². The molecule has 1 heterocycles. The van der Waals surface area contributed by atoms with Gasteiger partial charge in [-0.3, -0.25) is 4.79 Å². The number of amides is 1. The van der Waals surface area contributed by atoms with Crippen molar-refractivity contribution in [2.75, 3.05) is 6.26 Å². The topological polar surface area (TPSA) is 54.5 Å². The molecule has 0 N–H and O–H groups in total. The van der Waals surface area contributed by atoms with Crippen molar-refractivity contribution >= 4 is 27.3 Å². The lowest BCUT2D eigenvalue weighted by Crippen LogP contribution is -2.53. The normalized spacial score (nSPS) is 23.5. The Morgan fingerprint density at radius 2 is 1.92 bits per heavy atom. The zero-order chi connectivity index (χ0) is 19.5. The van der Waals surface area contributed by atoms with Crippen molar-refractivity contribution in [3.05, 3.63) is 47.5 Å². The summed E-state index contributed by atoms with van der Waals surface area (Å²) in [6.07, 6.45) is 5.80. The Labute approximate surface area is 162 Å². The van der Waals surface area contributed by atoms with Gasteiger partial charge >= 0.3 is 0 Å². The number of hydrogen-bond acceptors (Lipinski definition) is 3. The molecule has 4 nitrogen and oxygen atoms in total. The maximum atomic E-state index is 13.3. The van der Waals surface area contributed by atoms with E-state index in [9.17, 15) is 13.2 Å². The zero-order valence-corrected chi connectivity index (χ0v) is 17.3. The highest BCUT2D eigenvalue weighted by Gasteiger charge is 2.42. The van der Waals surface area contributed by atoms with Gasteiger partial charge in [-0.05, 0) is 50.3 Å². The van der Waals surface area contributed by atoms with Crippen molar-refractivity contribution in [3.63, 3.8) is 0 Å². The fourth-order valence-electron chi connectivity index (χ4n) is 3.85. The predicted octanol–water partition coefficient (Wildman–Crippen LogP) is 4.41. The second-order valence-corrected chi connectivity index (χ2v) is 9.96. The maximum absolute atomic E-state index is 13.3. The monoisotopic (exact) mass is 397 g/mol. The minimum atomic E-state index is -3.26. The Bertz CT molecular complexity index is 745. The summed E-state index contributed by atoms with van der Waals surface area (Å²) in [5.74, 6) is -0.102. The third-order valence-electron chi connectivity index (χ3n) is 5.43. The smallest absolute Gasteiger partial charge is 0.226 e. The van der Waals surface area contributed by atoms with Gasteiger partial charge in [-0.15, -0.1) is 6.58 Å². The minimum absolute atomic E-state index is 0.0263. The van der Waals surface area contributed by atoms with Gasteiger partial charge in [0, 0.05) is 23.2 Å². The molecule has 1 aromatic carbocycles. The number of carbonyl (C=O) groups is 1. The van der Waals surface area contributed by atoms with Crippen LogP contribution in [0.3, 0.4) is 0 Å². The highest BCUT2D eigenvalue weighted by molar-refractivity contribution is 7.91. The Morgan fingerprint density at radius 1 is 1.31 bits per heavy atom. The molecule has 0 saturated carbocycles. The number of carbonyl (C=O) groups excluding carboxylic acids is 1. The number of hydrogen-bond donors (Lipinski definition) is 0. The molecule has 1 amide bonds. The molecule has 0 radical (unpaired) electrons. The molecule has 0 aliphatic carbocycles. The maximum Gasteiger partial charge on any atom is 0.226 e. The van der Waals surface area contributed by atoms with Crippen LogP contribution in [-0.2, 0) is 14.6 Å². The van der Waals surface area contributed by atoms with Crippen molar-refractivity contribution in [2.45, 2.75) is 56.9 Å². The summed E-state index contributed by atoms with van der Waals surface area (Å²) >= 11 is 6.01. The fraction of sp³-hybridized carbons (Fsp3) is 0.550. The summed E-state index contributed by atoms with van der Waals surface area (Å²) < 4.78 is 24.4. The van der Waals surface area contributed by atoms with Gasteiger partial charge in [0.25, 0.3) is 0 Å². The lowest BCUT2D eigenvalue weighted by Gasteiger charge is -2.45. The second-order valence-electron chi connectivity index (χ2n) is 7.12. The van der Waals surface area contributed by atoms with Crippen LogP contribution < -0.4 is 0 Å². The van der Waals surface area contributed by atoms with Crippen LogP contribution in [0, 0.1) is 5.92 Å². The van der Waals surface area contributed by atoms with Gasteiger partial charge in [0.2, 0.25) is 5.91 Å². The average Bonchev–Trinajstić information content (AvgIpc) is 2.59. The molecular formula is C20H28ClNO3S. The number of allylic oxidation sites excluding steroid dienone is 1. The third kappa shape index (κ3) is 4.49. The molecule has 1 aliphatic heterocycles. The Kier molecular flexibility index (Phi) is 6.92. The van der Waals surface area contributed by atoms with Crippen LogP contribution in [0.25, 0.3) is 0 Å². The molecule has 1 saturated heterocycles. The van der Waals surface area contributed by atoms with E-state index < -0.39 is 15.1 Å². The second kappa shape index (κ2) is 8.57. The molecule has 0 aromatic heterocycles. The molecule has 2 rings (SSSR count). The summed E-state index contributed by atoms with van der Waals surface area (Å²) in [7, 11) is -3.26. The summed E-state index contributed by atoms with van der Waals surface area (Å²) in [5.41, 5.74) is 0.999. The first-order valence-electron chi connectivity index (χ1n) is 9.08. The minimum Gasteiger partial charge on any atom is -0.331 e. The van der Waals surface area contributed by atoms with Crippen molar-refractivity contribution in [1.29, 1.82) is 0 Å². The van der Waals surface area contributed by atoms with Crippen LogP contribution in [0.15, 0.2) is 36.9 Å². The van der Waals surface area contributed by atoms with E-state index in [1.54, 1.807) is 13.0 Å². The van der Waals surface area contributed by atoms with Gasteiger partial charge in [0.15, 0.2) is 9.84 Å². The van der Waals surface area contributed by atoms with Crippen molar-refractivity contribution in [3.8, 4) is 0 Å². The van der Waals surface area contributed by atoms with Gasteiger partial charge in [0.05, 0.1) is 11.3 Å². The largest absolute Gasteiger partial charge is 0.331 e. The van der Waals surface area contributed by atoms with E-state index in [0.29, 0.717) is 17.9 Å². The first kappa shape index (κ1) is 21.0. The van der Waals surface area contributed by atoms with E-state index in [4.69, 9.17) is 11.6 Å². The highest BCUT2D eigenvalue weighted by atomic mass is 35.5. The van der Waals surface area contributed by atoms with Crippen molar-refractivity contribution in [1.82, 2.24) is 4.90 Å². The van der Waals surface area contributed by atoms with E-state index in [0.717, 1.165) is 18.4 Å². The van der Waals surface area contributed by atoms with Gasteiger partial charge in [-0.25, -0.2) is 8.42 Å². The van der Waals surface area contributed by atoms with Gasteiger partial charge in [-0.1, -0.05) is 36.7 Å². The Morgan fingerprint density at radius 3 is 2.42 bits per heavy atom. The molecular weight excluding hydrogens is 370 g/mol. The van der Waals surface area contributed by atoms with Gasteiger partial charge < -0.3 is 4.90 Å². The van der Waals surface area contributed by atoms with Gasteiger partial charge in [-0.2, -0.15) is 0 Å². The molecule has 26 heavy (non-hydrogen) atoms. The predicted molar refractivity (Wildman–Crippen MR) is 107 cm³/mol. The van der Waals surface area contributed by atoms with E-state index in [1.165, 1.54) is 6.26 Å². The van der Waals surface area contributed by atoms with Crippen LogP contribution in [0.4, 0.5) is 0 Å².